The maximum Gasteiger partial charge on any atom is -0.00772 e. The lowest BCUT2D eigenvalue weighted by Crippen LogP contribution is -1.98. The standard InChI is InChI=1S/C11H16N/c12-10-6-2-5-9-11-7-3-1-4-8-11/h1,3-5,7-8H,2,6,9-10,12H2. The fraction of sp³-hybridized carbons (Fsp3) is 0.364. The van der Waals surface area contributed by atoms with Crippen molar-refractivity contribution in [2.75, 3.05) is 6.54 Å². The summed E-state index contributed by atoms with van der Waals surface area (Å²) in [6, 6.07) is 10.5. The molecule has 0 aliphatic heterocycles. The summed E-state index contributed by atoms with van der Waals surface area (Å²) >= 11 is 0. The van der Waals surface area contributed by atoms with Gasteiger partial charge in [-0.15, -0.1) is 0 Å². The van der Waals surface area contributed by atoms with Gasteiger partial charge in [-0.3, -0.25) is 0 Å². The summed E-state index contributed by atoms with van der Waals surface area (Å²) in [6.45, 7) is 0.797. The van der Waals surface area contributed by atoms with Gasteiger partial charge >= 0.3 is 0 Å². The highest BCUT2D eigenvalue weighted by atomic mass is 14.5. The average Bonchev–Trinajstić information content (AvgIpc) is 2.14. The molecular weight excluding hydrogens is 146 g/mol. The van der Waals surface area contributed by atoms with Crippen molar-refractivity contribution in [1.29, 1.82) is 0 Å². The number of rotatable bonds is 5. The Kier molecular flexibility index (Phi) is 4.47. The normalized spacial score (nSPS) is 10.1. The minimum absolute atomic E-state index is 0.797. The van der Waals surface area contributed by atoms with Gasteiger partial charge in [-0.25, -0.2) is 0 Å². The Hall–Kier alpha value is -0.820. The van der Waals surface area contributed by atoms with Crippen LogP contribution in [0.5, 0.6) is 0 Å². The van der Waals surface area contributed by atoms with Gasteiger partial charge in [0.1, 0.15) is 0 Å². The monoisotopic (exact) mass is 162 g/mol. The molecule has 0 spiro atoms. The molecule has 0 atom stereocenters. The molecule has 0 saturated heterocycles. The van der Waals surface area contributed by atoms with Gasteiger partial charge in [0.05, 0.1) is 0 Å². The van der Waals surface area contributed by atoms with E-state index in [1.54, 1.807) is 0 Å². The third-order valence-corrected chi connectivity index (χ3v) is 1.84. The van der Waals surface area contributed by atoms with Crippen molar-refractivity contribution in [2.45, 2.75) is 19.3 Å². The van der Waals surface area contributed by atoms with Crippen molar-refractivity contribution >= 4 is 0 Å². The summed E-state index contributed by atoms with van der Waals surface area (Å²) in [5, 5.41) is 0. The second-order valence-corrected chi connectivity index (χ2v) is 2.91. The molecule has 0 aromatic heterocycles. The van der Waals surface area contributed by atoms with Crippen LogP contribution in [0.1, 0.15) is 18.4 Å². The number of nitrogens with two attached hydrogens (primary N) is 1. The first-order valence-corrected chi connectivity index (χ1v) is 4.49. The fourth-order valence-electron chi connectivity index (χ4n) is 1.15. The molecule has 1 radical (unpaired) electrons. The van der Waals surface area contributed by atoms with Crippen LogP contribution in [0.25, 0.3) is 0 Å². The highest BCUT2D eigenvalue weighted by Crippen LogP contribution is 2.04. The lowest BCUT2D eigenvalue weighted by atomic mass is 10.1. The van der Waals surface area contributed by atoms with Gasteiger partial charge < -0.3 is 5.73 Å². The molecular formula is C11H16N. The Morgan fingerprint density at radius 1 is 1.17 bits per heavy atom. The largest absolute Gasteiger partial charge is 0.330 e. The number of unbranched alkanes of at least 4 members (excludes halogenated alkanes) is 2. The average molecular weight is 162 g/mol. The van der Waals surface area contributed by atoms with E-state index in [-0.39, 0.29) is 0 Å². The number of hydrogen-bond donors (Lipinski definition) is 1. The third kappa shape index (κ3) is 3.54. The van der Waals surface area contributed by atoms with Crippen LogP contribution in [0.3, 0.4) is 0 Å². The minimum atomic E-state index is 0.797. The third-order valence-electron chi connectivity index (χ3n) is 1.84. The Labute approximate surface area is 74.6 Å². The molecule has 0 aliphatic rings. The summed E-state index contributed by atoms with van der Waals surface area (Å²) in [5.74, 6) is 0. The van der Waals surface area contributed by atoms with E-state index in [1.807, 2.05) is 6.07 Å². The van der Waals surface area contributed by atoms with E-state index in [0.717, 1.165) is 25.8 Å². The zero-order valence-electron chi connectivity index (χ0n) is 7.37. The molecule has 0 fully saturated rings. The smallest absolute Gasteiger partial charge is 0.00772 e. The molecule has 12 heavy (non-hydrogen) atoms. The molecule has 1 nitrogen and oxygen atoms in total. The van der Waals surface area contributed by atoms with Crippen LogP contribution in [0.15, 0.2) is 30.3 Å². The molecule has 1 aromatic rings. The Morgan fingerprint density at radius 2 is 1.92 bits per heavy atom. The number of benzene rings is 1. The van der Waals surface area contributed by atoms with Crippen molar-refractivity contribution < 1.29 is 0 Å². The van der Waals surface area contributed by atoms with E-state index in [4.69, 9.17) is 5.73 Å². The van der Waals surface area contributed by atoms with Gasteiger partial charge in [0, 0.05) is 0 Å². The van der Waals surface area contributed by atoms with Crippen molar-refractivity contribution in [3.05, 3.63) is 42.3 Å². The van der Waals surface area contributed by atoms with E-state index in [2.05, 4.69) is 30.7 Å². The van der Waals surface area contributed by atoms with Crippen LogP contribution in [0, 0.1) is 6.42 Å². The highest BCUT2D eigenvalue weighted by Gasteiger charge is 1.91. The summed E-state index contributed by atoms with van der Waals surface area (Å²) in [7, 11) is 0. The molecule has 1 heteroatoms. The maximum absolute atomic E-state index is 5.39. The van der Waals surface area contributed by atoms with Crippen LogP contribution in [-0.2, 0) is 6.42 Å². The van der Waals surface area contributed by atoms with Gasteiger partial charge in [0.2, 0.25) is 0 Å². The second kappa shape index (κ2) is 5.78. The zero-order chi connectivity index (χ0) is 8.65. The van der Waals surface area contributed by atoms with Crippen LogP contribution >= 0.6 is 0 Å². The van der Waals surface area contributed by atoms with Gasteiger partial charge in [-0.2, -0.15) is 0 Å². The van der Waals surface area contributed by atoms with Crippen LogP contribution in [0.2, 0.25) is 0 Å². The van der Waals surface area contributed by atoms with Gasteiger partial charge in [0.15, 0.2) is 0 Å². The van der Waals surface area contributed by atoms with Crippen molar-refractivity contribution in [1.82, 2.24) is 0 Å². The predicted molar refractivity (Wildman–Crippen MR) is 52.7 cm³/mol. The Bertz CT molecular complexity index is 193. The molecule has 65 valence electrons. The van der Waals surface area contributed by atoms with E-state index >= 15 is 0 Å². The lowest BCUT2D eigenvalue weighted by Gasteiger charge is -1.99. The quantitative estimate of drug-likeness (QED) is 0.660. The second-order valence-electron chi connectivity index (χ2n) is 2.91. The van der Waals surface area contributed by atoms with Crippen LogP contribution in [-0.4, -0.2) is 6.54 Å². The van der Waals surface area contributed by atoms with Crippen molar-refractivity contribution in [2.24, 2.45) is 5.73 Å². The Balaban J connectivity index is 2.16. The Morgan fingerprint density at radius 3 is 2.58 bits per heavy atom. The molecule has 0 saturated carbocycles. The minimum Gasteiger partial charge on any atom is -0.330 e. The molecule has 0 bridgehead atoms. The molecule has 0 unspecified atom stereocenters. The molecule has 0 heterocycles. The van der Waals surface area contributed by atoms with E-state index < -0.39 is 0 Å². The predicted octanol–water partition coefficient (Wildman–Crippen LogP) is 2.17. The van der Waals surface area contributed by atoms with Crippen molar-refractivity contribution in [3.63, 3.8) is 0 Å². The maximum atomic E-state index is 5.39. The topological polar surface area (TPSA) is 26.0 Å². The summed E-state index contributed by atoms with van der Waals surface area (Å²) in [6.07, 6.45) is 5.60. The zero-order valence-corrected chi connectivity index (χ0v) is 7.37. The molecule has 0 aliphatic carbocycles. The van der Waals surface area contributed by atoms with E-state index in [1.165, 1.54) is 5.56 Å². The van der Waals surface area contributed by atoms with Crippen molar-refractivity contribution in [3.8, 4) is 0 Å². The molecule has 1 rings (SSSR count). The molecule has 0 amide bonds. The van der Waals surface area contributed by atoms with Gasteiger partial charge in [-0.05, 0) is 37.8 Å². The van der Waals surface area contributed by atoms with E-state index in [0.29, 0.717) is 0 Å². The van der Waals surface area contributed by atoms with Gasteiger partial charge in [0.25, 0.3) is 0 Å². The first kappa shape index (κ1) is 9.27. The molecule has 2 N–H and O–H groups in total. The summed E-state index contributed by atoms with van der Waals surface area (Å²) in [5.41, 5.74) is 6.77. The first-order chi connectivity index (χ1) is 5.93. The lowest BCUT2D eigenvalue weighted by molar-refractivity contribution is 0.799. The summed E-state index contributed by atoms with van der Waals surface area (Å²) < 4.78 is 0. The summed E-state index contributed by atoms with van der Waals surface area (Å²) in [4.78, 5) is 0. The van der Waals surface area contributed by atoms with Crippen LogP contribution in [0.4, 0.5) is 0 Å². The van der Waals surface area contributed by atoms with Crippen LogP contribution < -0.4 is 5.73 Å². The first-order valence-electron chi connectivity index (χ1n) is 4.49. The van der Waals surface area contributed by atoms with E-state index in [9.17, 15) is 0 Å². The number of hydrogen-bond acceptors (Lipinski definition) is 1. The van der Waals surface area contributed by atoms with Gasteiger partial charge in [-0.1, -0.05) is 30.3 Å². The SMILES string of the molecule is NCCC[CH]Cc1ccccc1. The highest BCUT2D eigenvalue weighted by molar-refractivity contribution is 5.16. The molecule has 1 aromatic carbocycles. The fourth-order valence-corrected chi connectivity index (χ4v) is 1.15.